The number of hydrogen-bond donors (Lipinski definition) is 8. The van der Waals surface area contributed by atoms with E-state index in [2.05, 4.69) is 19.2 Å². The molecule has 1 amide bonds. The van der Waals surface area contributed by atoms with Crippen molar-refractivity contribution in [2.75, 3.05) is 13.2 Å². The van der Waals surface area contributed by atoms with Crippen LogP contribution in [0, 0.1) is 0 Å². The van der Waals surface area contributed by atoms with Crippen LogP contribution in [-0.4, -0.2) is 110 Å². The van der Waals surface area contributed by atoms with Crippen LogP contribution in [0.15, 0.2) is 0 Å². The van der Waals surface area contributed by atoms with E-state index in [4.69, 9.17) is 9.47 Å². The van der Waals surface area contributed by atoms with Gasteiger partial charge in [-0.15, -0.1) is 0 Å². The molecule has 0 saturated carbocycles. The highest BCUT2D eigenvalue weighted by Crippen LogP contribution is 2.23. The van der Waals surface area contributed by atoms with Crippen molar-refractivity contribution in [3.8, 4) is 0 Å². The fourth-order valence-electron chi connectivity index (χ4n) is 8.97. The number of unbranched alkanes of at least 4 members (excludes halogenated alkanes) is 34. The van der Waals surface area contributed by atoms with Gasteiger partial charge in [0.05, 0.1) is 25.4 Å². The highest BCUT2D eigenvalue weighted by Gasteiger charge is 2.44. The van der Waals surface area contributed by atoms with Gasteiger partial charge in [-0.3, -0.25) is 4.79 Å². The van der Waals surface area contributed by atoms with Crippen LogP contribution in [-0.2, 0) is 14.3 Å². The van der Waals surface area contributed by atoms with E-state index < -0.39 is 74.2 Å². The topological polar surface area (TPSA) is 189 Å². The van der Waals surface area contributed by atoms with E-state index in [0.29, 0.717) is 19.3 Å². The molecule has 1 fully saturated rings. The second kappa shape index (κ2) is 42.5. The lowest BCUT2D eigenvalue weighted by Gasteiger charge is -2.40. The Kier molecular flexibility index (Phi) is 40.5. The van der Waals surface area contributed by atoms with E-state index in [9.17, 15) is 40.5 Å². The molecule has 0 aromatic carbocycles. The van der Waals surface area contributed by atoms with Crippen molar-refractivity contribution in [2.24, 2.45) is 0 Å². The van der Waals surface area contributed by atoms with Gasteiger partial charge >= 0.3 is 0 Å². The first-order valence-corrected chi connectivity index (χ1v) is 26.9. The zero-order chi connectivity index (χ0) is 46.2. The van der Waals surface area contributed by atoms with Crippen LogP contribution in [0.4, 0.5) is 0 Å². The maximum Gasteiger partial charge on any atom is 0.249 e. The lowest BCUT2D eigenvalue weighted by Crippen LogP contribution is -2.60. The molecule has 376 valence electrons. The quantitative estimate of drug-likeness (QED) is 0.0273. The molecule has 0 spiro atoms. The Balaban J connectivity index is 2.35. The third-order valence-corrected chi connectivity index (χ3v) is 13.4. The van der Waals surface area contributed by atoms with Gasteiger partial charge in [0, 0.05) is 0 Å². The zero-order valence-electron chi connectivity index (χ0n) is 40.8. The Bertz CT molecular complexity index is 991. The van der Waals surface area contributed by atoms with E-state index in [0.717, 1.165) is 38.5 Å². The van der Waals surface area contributed by atoms with Gasteiger partial charge in [-0.1, -0.05) is 245 Å². The van der Waals surface area contributed by atoms with Gasteiger partial charge < -0.3 is 50.5 Å². The molecule has 0 aromatic heterocycles. The number of carbonyl (C=O) groups is 1. The second-order valence-corrected chi connectivity index (χ2v) is 19.3. The van der Waals surface area contributed by atoms with Crippen LogP contribution in [0.2, 0.25) is 0 Å². The molecule has 1 heterocycles. The first-order chi connectivity index (χ1) is 30.7. The molecule has 1 aliphatic heterocycles. The van der Waals surface area contributed by atoms with Crippen molar-refractivity contribution in [3.05, 3.63) is 0 Å². The van der Waals surface area contributed by atoms with Gasteiger partial charge in [0.25, 0.3) is 0 Å². The lowest BCUT2D eigenvalue weighted by atomic mass is 9.98. The molecular weight excluding hydrogens is 799 g/mol. The van der Waals surface area contributed by atoms with Gasteiger partial charge in [0.2, 0.25) is 5.91 Å². The zero-order valence-corrected chi connectivity index (χ0v) is 40.8. The Morgan fingerprint density at radius 1 is 0.492 bits per heavy atom. The summed E-state index contributed by atoms with van der Waals surface area (Å²) in [6.07, 6.45) is 34.3. The van der Waals surface area contributed by atoms with E-state index >= 15 is 0 Å². The molecule has 1 rings (SSSR count). The number of aliphatic hydroxyl groups excluding tert-OH is 7. The predicted molar refractivity (Wildman–Crippen MR) is 256 cm³/mol. The van der Waals surface area contributed by atoms with Crippen LogP contribution in [0.1, 0.15) is 258 Å². The first kappa shape index (κ1) is 60.1. The summed E-state index contributed by atoms with van der Waals surface area (Å²) in [5.74, 6) is -0.691. The third-order valence-electron chi connectivity index (χ3n) is 13.4. The average molecular weight is 902 g/mol. The van der Waals surface area contributed by atoms with Crippen molar-refractivity contribution in [2.45, 2.75) is 313 Å². The Labute approximate surface area is 386 Å². The molecule has 9 atom stereocenters. The molecule has 0 radical (unpaired) electrons. The summed E-state index contributed by atoms with van der Waals surface area (Å²) in [7, 11) is 0. The molecule has 0 bridgehead atoms. The number of nitrogens with one attached hydrogen (secondary N) is 1. The lowest BCUT2D eigenvalue weighted by molar-refractivity contribution is -0.303. The first-order valence-electron chi connectivity index (χ1n) is 26.9. The number of rotatable bonds is 46. The second-order valence-electron chi connectivity index (χ2n) is 19.3. The fraction of sp³-hybridized carbons (Fsp3) is 0.981. The molecule has 0 aliphatic carbocycles. The van der Waals surface area contributed by atoms with E-state index in [-0.39, 0.29) is 6.42 Å². The molecule has 9 unspecified atom stereocenters. The van der Waals surface area contributed by atoms with Crippen molar-refractivity contribution >= 4 is 5.91 Å². The molecule has 8 N–H and O–H groups in total. The fourth-order valence-corrected chi connectivity index (χ4v) is 8.97. The summed E-state index contributed by atoms with van der Waals surface area (Å²) in [4.78, 5) is 13.1. The smallest absolute Gasteiger partial charge is 0.249 e. The van der Waals surface area contributed by atoms with Crippen LogP contribution in [0.5, 0.6) is 0 Å². The number of hydrogen-bond acceptors (Lipinski definition) is 10. The number of amides is 1. The Hall–Kier alpha value is -0.890. The van der Waals surface area contributed by atoms with Crippen LogP contribution in [0.25, 0.3) is 0 Å². The number of aliphatic hydroxyl groups is 7. The predicted octanol–water partition coefficient (Wildman–Crippen LogP) is 10.2. The molecule has 11 nitrogen and oxygen atoms in total. The van der Waals surface area contributed by atoms with Gasteiger partial charge in [0.15, 0.2) is 6.29 Å². The minimum atomic E-state index is -1.66. The summed E-state index contributed by atoms with van der Waals surface area (Å²) in [5, 5.41) is 76.0. The van der Waals surface area contributed by atoms with Crippen molar-refractivity contribution in [1.29, 1.82) is 0 Å². The van der Waals surface area contributed by atoms with Gasteiger partial charge in [0.1, 0.15) is 36.6 Å². The minimum Gasteiger partial charge on any atom is -0.394 e. The van der Waals surface area contributed by atoms with E-state index in [1.165, 1.54) is 180 Å². The molecule has 1 aliphatic rings. The Morgan fingerprint density at radius 2 is 0.825 bits per heavy atom. The molecular formula is C52H103NO10. The summed E-state index contributed by atoms with van der Waals surface area (Å²) in [6, 6.07) is -1.16. The van der Waals surface area contributed by atoms with Gasteiger partial charge in [-0.25, -0.2) is 0 Å². The molecule has 0 aromatic rings. The molecule has 11 heteroatoms. The summed E-state index contributed by atoms with van der Waals surface area (Å²) < 4.78 is 11.1. The molecule has 63 heavy (non-hydrogen) atoms. The largest absolute Gasteiger partial charge is 0.394 e. The van der Waals surface area contributed by atoms with E-state index in [1.807, 2.05) is 0 Å². The van der Waals surface area contributed by atoms with Crippen molar-refractivity contribution < 1.29 is 50.0 Å². The summed E-state index contributed by atoms with van der Waals surface area (Å²) in [5.41, 5.74) is 0. The summed E-state index contributed by atoms with van der Waals surface area (Å²) >= 11 is 0. The maximum atomic E-state index is 13.1. The van der Waals surface area contributed by atoms with Gasteiger partial charge in [-0.05, 0) is 12.8 Å². The van der Waals surface area contributed by atoms with Crippen molar-refractivity contribution in [1.82, 2.24) is 5.32 Å². The van der Waals surface area contributed by atoms with Gasteiger partial charge in [-0.2, -0.15) is 0 Å². The number of ether oxygens (including phenoxy) is 2. The average Bonchev–Trinajstić information content (AvgIpc) is 3.28. The SMILES string of the molecule is CCCCCCCCCCCCCCCCCCCCCC(O)C(=O)NC(COC1OC(CO)C(O)C(O)C1O)C(O)C(O)CCCCCCCCCCCCCCCCCCC. The van der Waals surface area contributed by atoms with Crippen LogP contribution >= 0.6 is 0 Å². The van der Waals surface area contributed by atoms with Crippen molar-refractivity contribution in [3.63, 3.8) is 0 Å². The Morgan fingerprint density at radius 3 is 1.17 bits per heavy atom. The standard InChI is InChI=1S/C52H103NO10/c1-3-5-7-9-11-13-15-17-19-21-22-24-26-28-30-32-34-36-38-40-45(56)51(61)53-43(42-62-52-50(60)49(59)48(58)46(41-54)63-52)47(57)44(55)39-37-35-33-31-29-27-25-23-20-18-16-14-12-10-8-6-4-2/h43-50,52,54-60H,3-42H2,1-2H3,(H,53,61). The monoisotopic (exact) mass is 902 g/mol. The maximum absolute atomic E-state index is 13.1. The summed E-state index contributed by atoms with van der Waals surface area (Å²) in [6.45, 7) is 3.48. The highest BCUT2D eigenvalue weighted by atomic mass is 16.7. The van der Waals surface area contributed by atoms with Crippen LogP contribution in [0.3, 0.4) is 0 Å². The van der Waals surface area contributed by atoms with Crippen LogP contribution < -0.4 is 5.32 Å². The molecule has 1 saturated heterocycles. The minimum absolute atomic E-state index is 0.267. The third kappa shape index (κ3) is 31.7. The highest BCUT2D eigenvalue weighted by molar-refractivity contribution is 5.80. The normalized spacial score (nSPS) is 21.1. The number of carbonyl (C=O) groups excluding carboxylic acids is 1. The van der Waals surface area contributed by atoms with E-state index in [1.54, 1.807) is 0 Å².